The number of rotatable bonds is 3. The molecule has 2 aromatic rings. The predicted molar refractivity (Wildman–Crippen MR) is 74.7 cm³/mol. The van der Waals surface area contributed by atoms with Crippen molar-refractivity contribution < 1.29 is 14.0 Å². The van der Waals surface area contributed by atoms with Crippen molar-refractivity contribution in [3.8, 4) is 0 Å². The van der Waals surface area contributed by atoms with Gasteiger partial charge in [-0.3, -0.25) is 9.89 Å². The maximum atomic E-state index is 13.8. The molecular formula is C13H10ClFN4O2. The van der Waals surface area contributed by atoms with Gasteiger partial charge in [-0.1, -0.05) is 22.8 Å². The molecule has 0 spiro atoms. The summed E-state index contributed by atoms with van der Waals surface area (Å²) in [5.74, 6) is -0.453. The van der Waals surface area contributed by atoms with Gasteiger partial charge in [0.15, 0.2) is 0 Å². The molecule has 0 bridgehead atoms. The number of carbonyl (C=O) groups is 1. The highest BCUT2D eigenvalue weighted by Crippen LogP contribution is 2.25. The molecule has 1 aliphatic rings. The van der Waals surface area contributed by atoms with Crippen molar-refractivity contribution in [2.24, 2.45) is 5.16 Å². The third-order valence-corrected chi connectivity index (χ3v) is 3.29. The molecule has 6 nitrogen and oxygen atoms in total. The number of hydrogen-bond acceptors (Lipinski definition) is 4. The fourth-order valence-electron chi connectivity index (χ4n) is 1.98. The lowest BCUT2D eigenvalue weighted by Gasteiger charge is -2.08. The van der Waals surface area contributed by atoms with Crippen LogP contribution in [-0.4, -0.2) is 27.9 Å². The molecule has 108 valence electrons. The maximum Gasteiger partial charge on any atom is 0.269 e. The average Bonchev–Trinajstić information content (AvgIpc) is 3.10. The Morgan fingerprint density at radius 1 is 1.48 bits per heavy atom. The number of hydrogen-bond donors (Lipinski definition) is 2. The predicted octanol–water partition coefficient (Wildman–Crippen LogP) is 2.33. The van der Waals surface area contributed by atoms with Crippen LogP contribution in [-0.2, 0) is 9.63 Å². The number of benzene rings is 1. The van der Waals surface area contributed by atoms with Crippen molar-refractivity contribution in [3.05, 3.63) is 46.9 Å². The van der Waals surface area contributed by atoms with Gasteiger partial charge in [0.25, 0.3) is 5.91 Å². The lowest BCUT2D eigenvalue weighted by atomic mass is 10.0. The molecule has 1 aromatic carbocycles. The van der Waals surface area contributed by atoms with Crippen molar-refractivity contribution >= 4 is 29.0 Å². The van der Waals surface area contributed by atoms with Gasteiger partial charge in [-0.25, -0.2) is 4.39 Å². The van der Waals surface area contributed by atoms with E-state index in [1.54, 1.807) is 12.1 Å². The van der Waals surface area contributed by atoms with Crippen LogP contribution >= 0.6 is 11.6 Å². The molecule has 0 fully saturated rings. The molecule has 1 aromatic heterocycles. The summed E-state index contributed by atoms with van der Waals surface area (Å²) >= 11 is 5.96. The van der Waals surface area contributed by atoms with Gasteiger partial charge in [0.2, 0.25) is 6.10 Å². The van der Waals surface area contributed by atoms with Gasteiger partial charge in [-0.05, 0) is 12.1 Å². The molecule has 0 aliphatic carbocycles. The van der Waals surface area contributed by atoms with E-state index in [9.17, 15) is 9.18 Å². The maximum absolute atomic E-state index is 13.8. The minimum absolute atomic E-state index is 0.140. The van der Waals surface area contributed by atoms with E-state index in [1.807, 2.05) is 0 Å². The molecule has 1 unspecified atom stereocenters. The Labute approximate surface area is 123 Å². The van der Waals surface area contributed by atoms with Crippen LogP contribution in [0.1, 0.15) is 12.0 Å². The van der Waals surface area contributed by atoms with Crippen LogP contribution in [0.5, 0.6) is 0 Å². The highest BCUT2D eigenvalue weighted by molar-refractivity contribution is 6.34. The first-order valence-corrected chi connectivity index (χ1v) is 6.50. The first-order valence-electron chi connectivity index (χ1n) is 6.12. The van der Waals surface area contributed by atoms with E-state index >= 15 is 0 Å². The number of oxime groups is 1. The number of halogens is 2. The van der Waals surface area contributed by atoms with Gasteiger partial charge >= 0.3 is 0 Å². The Bertz CT molecular complexity index is 682. The summed E-state index contributed by atoms with van der Waals surface area (Å²) < 4.78 is 13.8. The zero-order chi connectivity index (χ0) is 14.8. The number of amides is 1. The molecule has 3 rings (SSSR count). The Morgan fingerprint density at radius 3 is 3.05 bits per heavy atom. The van der Waals surface area contributed by atoms with Crippen molar-refractivity contribution in [1.82, 2.24) is 10.2 Å². The molecule has 0 saturated carbocycles. The van der Waals surface area contributed by atoms with Crippen LogP contribution < -0.4 is 5.32 Å². The lowest BCUT2D eigenvalue weighted by Crippen LogP contribution is -2.28. The number of aromatic nitrogens is 2. The van der Waals surface area contributed by atoms with Crippen LogP contribution in [0, 0.1) is 5.82 Å². The summed E-state index contributed by atoms with van der Waals surface area (Å²) in [6.45, 7) is 0. The number of nitrogens with one attached hydrogen (secondary N) is 2. The summed E-state index contributed by atoms with van der Waals surface area (Å²) in [6.07, 6.45) is 0.811. The minimum Gasteiger partial charge on any atom is -0.382 e. The highest BCUT2D eigenvalue weighted by atomic mass is 35.5. The monoisotopic (exact) mass is 308 g/mol. The fourth-order valence-corrected chi connectivity index (χ4v) is 2.25. The number of nitrogens with zero attached hydrogens (tertiary/aromatic N) is 2. The smallest absolute Gasteiger partial charge is 0.269 e. The van der Waals surface area contributed by atoms with E-state index in [1.165, 1.54) is 18.3 Å². The molecule has 1 amide bonds. The van der Waals surface area contributed by atoms with Crippen LogP contribution in [0.15, 0.2) is 35.6 Å². The van der Waals surface area contributed by atoms with E-state index in [2.05, 4.69) is 20.7 Å². The van der Waals surface area contributed by atoms with Gasteiger partial charge in [-0.2, -0.15) is 5.10 Å². The van der Waals surface area contributed by atoms with Crippen LogP contribution in [0.3, 0.4) is 0 Å². The number of anilines is 1. The zero-order valence-corrected chi connectivity index (χ0v) is 11.4. The third-order valence-electron chi connectivity index (χ3n) is 2.97. The first-order chi connectivity index (χ1) is 10.1. The Kier molecular flexibility index (Phi) is 3.57. The molecule has 1 aliphatic heterocycles. The van der Waals surface area contributed by atoms with Crippen LogP contribution in [0.2, 0.25) is 5.02 Å². The Morgan fingerprint density at radius 2 is 2.33 bits per heavy atom. The fraction of sp³-hybridized carbons (Fsp3) is 0.154. The molecular weight excluding hydrogens is 299 g/mol. The minimum atomic E-state index is -0.834. The van der Waals surface area contributed by atoms with Crippen LogP contribution in [0.25, 0.3) is 0 Å². The largest absolute Gasteiger partial charge is 0.382 e. The SMILES string of the molecule is O=C(Nc1ccn[nH]1)C1CC(c2c(F)cccc2Cl)=NO1. The molecule has 2 heterocycles. The molecule has 0 saturated heterocycles. The normalized spacial score (nSPS) is 17.2. The summed E-state index contributed by atoms with van der Waals surface area (Å²) in [5.41, 5.74) is 0.471. The average molecular weight is 309 g/mol. The summed E-state index contributed by atoms with van der Waals surface area (Å²) in [4.78, 5) is 17.0. The Hall–Kier alpha value is -2.41. The van der Waals surface area contributed by atoms with Gasteiger partial charge in [0.1, 0.15) is 11.6 Å². The second-order valence-corrected chi connectivity index (χ2v) is 4.80. The topological polar surface area (TPSA) is 79.4 Å². The molecule has 1 atom stereocenters. The lowest BCUT2D eigenvalue weighted by molar-refractivity contribution is -0.125. The summed E-state index contributed by atoms with van der Waals surface area (Å²) in [6, 6.07) is 5.94. The van der Waals surface area contributed by atoms with Gasteiger partial charge < -0.3 is 10.2 Å². The number of aromatic amines is 1. The van der Waals surface area contributed by atoms with E-state index in [0.717, 1.165) is 0 Å². The number of H-pyrrole nitrogens is 1. The van der Waals surface area contributed by atoms with Gasteiger partial charge in [0.05, 0.1) is 22.5 Å². The number of carbonyl (C=O) groups excluding carboxylic acids is 1. The first kappa shape index (κ1) is 13.6. The van der Waals surface area contributed by atoms with E-state index in [0.29, 0.717) is 11.5 Å². The van der Waals surface area contributed by atoms with Crippen LogP contribution in [0.4, 0.5) is 10.2 Å². The van der Waals surface area contributed by atoms with Gasteiger partial charge in [-0.15, -0.1) is 0 Å². The second-order valence-electron chi connectivity index (χ2n) is 4.39. The second kappa shape index (κ2) is 5.53. The Balaban J connectivity index is 1.71. The summed E-state index contributed by atoms with van der Waals surface area (Å²) in [5, 5.41) is 12.9. The van der Waals surface area contributed by atoms with Gasteiger partial charge in [0, 0.05) is 12.5 Å². The molecule has 8 heteroatoms. The molecule has 0 radical (unpaired) electrons. The third kappa shape index (κ3) is 2.73. The standard InChI is InChI=1S/C13H10ClFN4O2/c14-7-2-1-3-8(15)12(7)9-6-10(21-19-9)13(20)17-11-4-5-16-18-11/h1-5,10H,6H2,(H2,16,17,18,20). The van der Waals surface area contributed by atoms with Crippen molar-refractivity contribution in [1.29, 1.82) is 0 Å². The van der Waals surface area contributed by atoms with E-state index in [-0.39, 0.29) is 17.0 Å². The van der Waals surface area contributed by atoms with Crippen molar-refractivity contribution in [2.45, 2.75) is 12.5 Å². The highest BCUT2D eigenvalue weighted by Gasteiger charge is 2.31. The molecule has 21 heavy (non-hydrogen) atoms. The van der Waals surface area contributed by atoms with E-state index < -0.39 is 17.8 Å². The summed E-state index contributed by atoms with van der Waals surface area (Å²) in [7, 11) is 0. The zero-order valence-electron chi connectivity index (χ0n) is 10.6. The van der Waals surface area contributed by atoms with Crippen molar-refractivity contribution in [3.63, 3.8) is 0 Å². The molecule has 2 N–H and O–H groups in total. The van der Waals surface area contributed by atoms with Crippen molar-refractivity contribution in [2.75, 3.05) is 5.32 Å². The van der Waals surface area contributed by atoms with E-state index in [4.69, 9.17) is 16.4 Å². The quantitative estimate of drug-likeness (QED) is 0.913.